The predicted octanol–water partition coefficient (Wildman–Crippen LogP) is 1.70. The number of hydrogen-bond acceptors (Lipinski definition) is 4. The highest BCUT2D eigenvalue weighted by molar-refractivity contribution is 6.01. The Hall–Kier alpha value is -1.85. The molecule has 140 valence electrons. The number of carbonyl (C=O) groups is 1. The summed E-state index contributed by atoms with van der Waals surface area (Å²) in [5.74, 6) is 0.215. The molecule has 3 aliphatic rings. The third-order valence-electron chi connectivity index (χ3n) is 5.89. The Morgan fingerprint density at radius 3 is 2.54 bits per heavy atom. The Bertz CT molecular complexity index is 693. The van der Waals surface area contributed by atoms with Gasteiger partial charge in [-0.2, -0.15) is 0 Å². The maximum Gasteiger partial charge on any atom is 0.256 e. The molecular formula is C21H30N4O. The molecule has 0 unspecified atom stereocenters. The van der Waals surface area contributed by atoms with Crippen LogP contribution in [-0.4, -0.2) is 86.1 Å². The lowest BCUT2D eigenvalue weighted by Gasteiger charge is -2.35. The van der Waals surface area contributed by atoms with Crippen molar-refractivity contribution >= 4 is 11.6 Å². The van der Waals surface area contributed by atoms with Gasteiger partial charge in [0.05, 0.1) is 11.3 Å². The average Bonchev–Trinajstić information content (AvgIpc) is 2.99. The first kappa shape index (κ1) is 17.6. The van der Waals surface area contributed by atoms with Crippen molar-refractivity contribution in [2.45, 2.75) is 13.3 Å². The van der Waals surface area contributed by atoms with Gasteiger partial charge in [0, 0.05) is 65.4 Å². The van der Waals surface area contributed by atoms with E-state index in [0.29, 0.717) is 0 Å². The van der Waals surface area contributed by atoms with Gasteiger partial charge in [0.15, 0.2) is 0 Å². The maximum absolute atomic E-state index is 13.1. The zero-order chi connectivity index (χ0) is 18.1. The SMILES string of the molecule is C=C(C)CN1CCN(CCN2CCN3CCc4cccc(c43)C2=O)CC1. The van der Waals surface area contributed by atoms with Crippen LogP contribution in [0.4, 0.5) is 5.69 Å². The van der Waals surface area contributed by atoms with Crippen molar-refractivity contribution in [3.8, 4) is 0 Å². The summed E-state index contributed by atoms with van der Waals surface area (Å²) in [6, 6.07) is 6.22. The summed E-state index contributed by atoms with van der Waals surface area (Å²) >= 11 is 0. The molecule has 1 fully saturated rings. The summed E-state index contributed by atoms with van der Waals surface area (Å²) in [6.45, 7) is 16.1. The Balaban J connectivity index is 1.35. The van der Waals surface area contributed by atoms with Crippen molar-refractivity contribution in [3.05, 3.63) is 41.5 Å². The number of nitrogens with zero attached hydrogens (tertiary/aromatic N) is 4. The molecule has 5 heteroatoms. The highest BCUT2D eigenvalue weighted by Gasteiger charge is 2.31. The molecule has 0 aromatic heterocycles. The van der Waals surface area contributed by atoms with Gasteiger partial charge in [0.2, 0.25) is 0 Å². The van der Waals surface area contributed by atoms with Crippen LogP contribution in [0.15, 0.2) is 30.4 Å². The molecule has 1 amide bonds. The first-order chi connectivity index (χ1) is 12.6. The van der Waals surface area contributed by atoms with Gasteiger partial charge in [-0.05, 0) is 25.0 Å². The van der Waals surface area contributed by atoms with E-state index in [1.54, 1.807) is 0 Å². The lowest BCUT2D eigenvalue weighted by atomic mass is 10.1. The molecule has 4 rings (SSSR count). The fourth-order valence-corrected chi connectivity index (χ4v) is 4.47. The quantitative estimate of drug-likeness (QED) is 0.753. The summed E-state index contributed by atoms with van der Waals surface area (Å²) in [5.41, 5.74) is 4.68. The molecule has 0 bridgehead atoms. The molecule has 0 aliphatic carbocycles. The fraction of sp³-hybridized carbons (Fsp3) is 0.571. The Labute approximate surface area is 156 Å². The van der Waals surface area contributed by atoms with Gasteiger partial charge in [-0.25, -0.2) is 0 Å². The normalized spacial score (nSPS) is 21.0. The molecule has 1 aromatic carbocycles. The number of anilines is 1. The van der Waals surface area contributed by atoms with Crippen molar-refractivity contribution in [1.29, 1.82) is 0 Å². The van der Waals surface area contributed by atoms with Gasteiger partial charge >= 0.3 is 0 Å². The number of amides is 1. The standard InChI is InChI=1S/C21H30N4O/c1-17(2)16-23-10-8-22(9-11-23)12-13-25-15-14-24-7-6-18-4-3-5-19(20(18)24)21(25)26/h3-5H,1,6-16H2,2H3. The predicted molar refractivity (Wildman–Crippen MR) is 106 cm³/mol. The van der Waals surface area contributed by atoms with Crippen molar-refractivity contribution < 1.29 is 4.79 Å². The molecule has 0 radical (unpaired) electrons. The Morgan fingerprint density at radius 1 is 1.00 bits per heavy atom. The highest BCUT2D eigenvalue weighted by atomic mass is 16.2. The van der Waals surface area contributed by atoms with E-state index in [1.807, 2.05) is 12.1 Å². The Morgan fingerprint density at radius 2 is 1.77 bits per heavy atom. The Kier molecular flexibility index (Phi) is 5.00. The number of piperazine rings is 1. The van der Waals surface area contributed by atoms with E-state index in [-0.39, 0.29) is 5.91 Å². The number of para-hydroxylation sites is 1. The second-order valence-electron chi connectivity index (χ2n) is 7.92. The van der Waals surface area contributed by atoms with E-state index in [0.717, 1.165) is 77.4 Å². The second-order valence-corrected chi connectivity index (χ2v) is 7.92. The van der Waals surface area contributed by atoms with E-state index in [9.17, 15) is 4.79 Å². The molecule has 0 atom stereocenters. The van der Waals surface area contributed by atoms with E-state index in [2.05, 4.69) is 39.2 Å². The number of carbonyl (C=O) groups excluding carboxylic acids is 1. The summed E-state index contributed by atoms with van der Waals surface area (Å²) < 4.78 is 0. The summed E-state index contributed by atoms with van der Waals surface area (Å²) in [4.78, 5) is 22.5. The van der Waals surface area contributed by atoms with Crippen LogP contribution in [0.25, 0.3) is 0 Å². The van der Waals surface area contributed by atoms with Crippen LogP contribution in [0.5, 0.6) is 0 Å². The fourth-order valence-electron chi connectivity index (χ4n) is 4.47. The van der Waals surface area contributed by atoms with Crippen molar-refractivity contribution in [1.82, 2.24) is 14.7 Å². The van der Waals surface area contributed by atoms with Crippen molar-refractivity contribution in [3.63, 3.8) is 0 Å². The van der Waals surface area contributed by atoms with Crippen LogP contribution in [0, 0.1) is 0 Å². The number of benzene rings is 1. The van der Waals surface area contributed by atoms with Gasteiger partial charge < -0.3 is 9.80 Å². The molecule has 3 aliphatic heterocycles. The molecule has 3 heterocycles. The van der Waals surface area contributed by atoms with Crippen LogP contribution in [0.3, 0.4) is 0 Å². The van der Waals surface area contributed by atoms with E-state index in [1.165, 1.54) is 16.8 Å². The molecular weight excluding hydrogens is 324 g/mol. The second kappa shape index (κ2) is 7.41. The van der Waals surface area contributed by atoms with Crippen LogP contribution in [0.1, 0.15) is 22.8 Å². The van der Waals surface area contributed by atoms with E-state index >= 15 is 0 Å². The lowest BCUT2D eigenvalue weighted by Crippen LogP contribution is -2.49. The number of rotatable bonds is 5. The van der Waals surface area contributed by atoms with Crippen LogP contribution >= 0.6 is 0 Å². The smallest absolute Gasteiger partial charge is 0.256 e. The minimum atomic E-state index is 0.215. The van der Waals surface area contributed by atoms with Crippen molar-refractivity contribution in [2.24, 2.45) is 0 Å². The van der Waals surface area contributed by atoms with Gasteiger partial charge in [-0.1, -0.05) is 24.3 Å². The minimum absolute atomic E-state index is 0.215. The van der Waals surface area contributed by atoms with Gasteiger partial charge in [0.25, 0.3) is 5.91 Å². The van der Waals surface area contributed by atoms with Gasteiger partial charge in [0.1, 0.15) is 0 Å². The first-order valence-electron chi connectivity index (χ1n) is 9.87. The van der Waals surface area contributed by atoms with Crippen LogP contribution < -0.4 is 4.90 Å². The zero-order valence-electron chi connectivity index (χ0n) is 15.9. The van der Waals surface area contributed by atoms with E-state index in [4.69, 9.17) is 0 Å². The van der Waals surface area contributed by atoms with Crippen molar-refractivity contribution in [2.75, 3.05) is 70.3 Å². The molecule has 26 heavy (non-hydrogen) atoms. The topological polar surface area (TPSA) is 30.0 Å². The first-order valence-corrected chi connectivity index (χ1v) is 9.87. The molecule has 1 aromatic rings. The number of hydrogen-bond donors (Lipinski definition) is 0. The summed E-state index contributed by atoms with van der Waals surface area (Å²) in [7, 11) is 0. The molecule has 0 spiro atoms. The zero-order valence-corrected chi connectivity index (χ0v) is 15.9. The monoisotopic (exact) mass is 354 g/mol. The van der Waals surface area contributed by atoms with E-state index < -0.39 is 0 Å². The molecule has 1 saturated heterocycles. The summed E-state index contributed by atoms with van der Waals surface area (Å²) in [6.07, 6.45) is 1.07. The minimum Gasteiger partial charge on any atom is -0.369 e. The molecule has 5 nitrogen and oxygen atoms in total. The highest BCUT2D eigenvalue weighted by Crippen LogP contribution is 2.34. The lowest BCUT2D eigenvalue weighted by molar-refractivity contribution is 0.0721. The third kappa shape index (κ3) is 3.51. The molecule has 0 saturated carbocycles. The largest absolute Gasteiger partial charge is 0.369 e. The third-order valence-corrected chi connectivity index (χ3v) is 5.89. The molecule has 0 N–H and O–H groups in total. The van der Waals surface area contributed by atoms with Gasteiger partial charge in [-0.15, -0.1) is 0 Å². The maximum atomic E-state index is 13.1. The summed E-state index contributed by atoms with van der Waals surface area (Å²) in [5, 5.41) is 0. The van der Waals surface area contributed by atoms with Crippen LogP contribution in [-0.2, 0) is 6.42 Å². The van der Waals surface area contributed by atoms with Crippen LogP contribution in [0.2, 0.25) is 0 Å². The van der Waals surface area contributed by atoms with Gasteiger partial charge in [-0.3, -0.25) is 14.6 Å². The average molecular weight is 354 g/mol.